The number of carbonyl (C=O) groups excluding carboxylic acids is 1. The molecular weight excluding hydrogens is 428 g/mol. The van der Waals surface area contributed by atoms with E-state index >= 15 is 0 Å². The van der Waals surface area contributed by atoms with Crippen molar-refractivity contribution < 1.29 is 18.3 Å². The van der Waals surface area contributed by atoms with E-state index in [4.69, 9.17) is 9.72 Å². The number of fused-ring (bicyclic) bond motifs is 1. The molecule has 1 fully saturated rings. The number of aromatic nitrogens is 2. The van der Waals surface area contributed by atoms with Gasteiger partial charge in [0.25, 0.3) is 0 Å². The maximum absolute atomic E-state index is 13.8. The van der Waals surface area contributed by atoms with Crippen LogP contribution in [0.3, 0.4) is 0 Å². The van der Waals surface area contributed by atoms with Crippen molar-refractivity contribution in [2.24, 2.45) is 5.41 Å². The molecular formula is C24H31F2N5O2. The molecule has 2 aliphatic heterocycles. The lowest BCUT2D eigenvalue weighted by atomic mass is 9.91. The summed E-state index contributed by atoms with van der Waals surface area (Å²) in [6.45, 7) is 10.4. The van der Waals surface area contributed by atoms with E-state index in [0.29, 0.717) is 37.4 Å². The molecule has 2 aromatic rings. The fourth-order valence-corrected chi connectivity index (χ4v) is 4.03. The predicted octanol–water partition coefficient (Wildman–Crippen LogP) is 3.62. The third kappa shape index (κ3) is 5.58. The van der Waals surface area contributed by atoms with Crippen molar-refractivity contribution in [3.63, 3.8) is 0 Å². The Morgan fingerprint density at radius 1 is 1.06 bits per heavy atom. The van der Waals surface area contributed by atoms with Gasteiger partial charge in [-0.15, -0.1) is 0 Å². The summed E-state index contributed by atoms with van der Waals surface area (Å²) in [5.41, 5.74) is 1.42. The molecule has 0 atom stereocenters. The Morgan fingerprint density at radius 3 is 2.45 bits per heavy atom. The van der Waals surface area contributed by atoms with Crippen LogP contribution in [0.5, 0.6) is 11.6 Å². The number of likely N-dealkylation sites (N-methyl/N-ethyl adjacent to an activating group) is 1. The van der Waals surface area contributed by atoms with Crippen molar-refractivity contribution >= 4 is 11.9 Å². The molecule has 0 N–H and O–H groups in total. The van der Waals surface area contributed by atoms with Gasteiger partial charge in [-0.25, -0.2) is 13.8 Å². The Morgan fingerprint density at radius 2 is 1.79 bits per heavy atom. The second-order valence-electron chi connectivity index (χ2n) is 10.0. The molecule has 0 bridgehead atoms. The Kier molecular flexibility index (Phi) is 6.52. The van der Waals surface area contributed by atoms with Crippen LogP contribution in [-0.2, 0) is 17.8 Å². The number of halogens is 2. The Bertz CT molecular complexity index is 1030. The highest BCUT2D eigenvalue weighted by atomic mass is 19.2. The minimum Gasteiger partial charge on any atom is -0.438 e. The fraction of sp³-hybridized carbons (Fsp3) is 0.542. The molecule has 0 radical (unpaired) electrons. The van der Waals surface area contributed by atoms with Gasteiger partial charge in [-0.2, -0.15) is 4.98 Å². The summed E-state index contributed by atoms with van der Waals surface area (Å²) in [4.78, 5) is 28.5. The number of amides is 1. The van der Waals surface area contributed by atoms with E-state index in [0.717, 1.165) is 44.0 Å². The lowest BCUT2D eigenvalue weighted by Gasteiger charge is -2.34. The van der Waals surface area contributed by atoms with Gasteiger partial charge in [-0.3, -0.25) is 4.79 Å². The van der Waals surface area contributed by atoms with Crippen molar-refractivity contribution in [2.45, 2.75) is 40.2 Å². The van der Waals surface area contributed by atoms with Crippen molar-refractivity contribution in [3.05, 3.63) is 41.1 Å². The third-order valence-electron chi connectivity index (χ3n) is 5.94. The van der Waals surface area contributed by atoms with Crippen LogP contribution >= 0.6 is 0 Å². The van der Waals surface area contributed by atoms with E-state index in [1.165, 1.54) is 6.07 Å². The molecule has 7 nitrogen and oxygen atoms in total. The highest BCUT2D eigenvalue weighted by Gasteiger charge is 2.30. The molecule has 0 unspecified atom stereocenters. The summed E-state index contributed by atoms with van der Waals surface area (Å²) in [5.74, 6) is -0.865. The molecule has 0 aliphatic carbocycles. The van der Waals surface area contributed by atoms with Crippen LogP contribution in [0, 0.1) is 17.0 Å². The van der Waals surface area contributed by atoms with Crippen molar-refractivity contribution in [1.82, 2.24) is 19.8 Å². The number of hydrogen-bond donors (Lipinski definition) is 0. The monoisotopic (exact) mass is 459 g/mol. The lowest BCUT2D eigenvalue weighted by molar-refractivity contribution is -0.134. The summed E-state index contributed by atoms with van der Waals surface area (Å²) in [6.07, 6.45) is 1.02. The van der Waals surface area contributed by atoms with Gasteiger partial charge in [-0.1, -0.05) is 20.8 Å². The summed E-state index contributed by atoms with van der Waals surface area (Å²) >= 11 is 0. The average molecular weight is 460 g/mol. The molecule has 1 amide bonds. The first-order valence-corrected chi connectivity index (χ1v) is 11.3. The number of benzene rings is 1. The number of piperazine rings is 1. The smallest absolute Gasteiger partial charge is 0.229 e. The Labute approximate surface area is 193 Å². The van der Waals surface area contributed by atoms with Crippen LogP contribution in [0.1, 0.15) is 38.4 Å². The Balaban J connectivity index is 1.66. The van der Waals surface area contributed by atoms with Crippen LogP contribution in [0.15, 0.2) is 18.2 Å². The van der Waals surface area contributed by atoms with Gasteiger partial charge in [0.2, 0.25) is 17.7 Å². The van der Waals surface area contributed by atoms with Crippen LogP contribution in [0.2, 0.25) is 0 Å². The fourth-order valence-electron chi connectivity index (χ4n) is 4.03. The second kappa shape index (κ2) is 9.21. The molecule has 0 spiro atoms. The van der Waals surface area contributed by atoms with Gasteiger partial charge in [0.05, 0.1) is 17.8 Å². The maximum Gasteiger partial charge on any atom is 0.229 e. The summed E-state index contributed by atoms with van der Waals surface area (Å²) in [5, 5.41) is 0. The van der Waals surface area contributed by atoms with Crippen molar-refractivity contribution in [3.8, 4) is 11.6 Å². The lowest BCUT2D eigenvalue weighted by Crippen LogP contribution is -2.45. The zero-order valence-corrected chi connectivity index (χ0v) is 19.7. The van der Waals surface area contributed by atoms with Gasteiger partial charge in [0.15, 0.2) is 11.6 Å². The molecule has 3 heterocycles. The molecule has 1 aromatic heterocycles. The van der Waals surface area contributed by atoms with E-state index in [2.05, 4.69) is 21.8 Å². The topological polar surface area (TPSA) is 61.8 Å². The summed E-state index contributed by atoms with van der Waals surface area (Å²) < 4.78 is 33.2. The molecule has 0 saturated carbocycles. The van der Waals surface area contributed by atoms with Crippen LogP contribution in [0.4, 0.5) is 14.7 Å². The van der Waals surface area contributed by atoms with Gasteiger partial charge < -0.3 is 19.4 Å². The van der Waals surface area contributed by atoms with Gasteiger partial charge in [0.1, 0.15) is 5.75 Å². The van der Waals surface area contributed by atoms with E-state index in [9.17, 15) is 13.6 Å². The average Bonchev–Trinajstić information content (AvgIpc) is 2.75. The van der Waals surface area contributed by atoms with Crippen molar-refractivity contribution in [1.29, 1.82) is 0 Å². The maximum atomic E-state index is 13.8. The van der Waals surface area contributed by atoms with E-state index in [-0.39, 0.29) is 23.0 Å². The minimum absolute atomic E-state index is 0.0649. The zero-order chi connectivity index (χ0) is 23.8. The number of carbonyl (C=O) groups is 1. The van der Waals surface area contributed by atoms with Crippen LogP contribution in [-0.4, -0.2) is 65.4 Å². The third-order valence-corrected chi connectivity index (χ3v) is 5.94. The largest absolute Gasteiger partial charge is 0.438 e. The second-order valence-corrected chi connectivity index (χ2v) is 10.0. The highest BCUT2D eigenvalue weighted by Crippen LogP contribution is 2.33. The van der Waals surface area contributed by atoms with Gasteiger partial charge in [-0.05, 0) is 24.6 Å². The van der Waals surface area contributed by atoms with E-state index < -0.39 is 11.6 Å². The quantitative estimate of drug-likeness (QED) is 0.696. The van der Waals surface area contributed by atoms with Crippen LogP contribution in [0.25, 0.3) is 0 Å². The zero-order valence-electron chi connectivity index (χ0n) is 19.7. The SMILES string of the molecule is CN1CCN(c2nc3c(c(Oc4ccc(F)c(F)c4)n2)CN(C(=O)CC(C)(C)C)CC3)CC1. The number of rotatable bonds is 4. The molecule has 4 rings (SSSR count). The molecule has 178 valence electrons. The first-order chi connectivity index (χ1) is 15.6. The van der Waals surface area contributed by atoms with E-state index in [1.807, 2.05) is 20.8 Å². The van der Waals surface area contributed by atoms with E-state index in [1.54, 1.807) is 4.90 Å². The predicted molar refractivity (Wildman–Crippen MR) is 121 cm³/mol. The number of nitrogens with zero attached hydrogens (tertiary/aromatic N) is 5. The normalized spacial score (nSPS) is 17.2. The molecule has 2 aliphatic rings. The molecule has 1 aromatic carbocycles. The first kappa shape index (κ1) is 23.4. The van der Waals surface area contributed by atoms with Crippen LogP contribution < -0.4 is 9.64 Å². The number of anilines is 1. The van der Waals surface area contributed by atoms with Gasteiger partial charge in [0, 0.05) is 51.6 Å². The summed E-state index contributed by atoms with van der Waals surface area (Å²) in [7, 11) is 2.08. The summed E-state index contributed by atoms with van der Waals surface area (Å²) in [6, 6.07) is 3.40. The minimum atomic E-state index is -0.989. The Hall–Kier alpha value is -2.81. The van der Waals surface area contributed by atoms with Gasteiger partial charge >= 0.3 is 0 Å². The number of ether oxygens (including phenoxy) is 1. The molecule has 1 saturated heterocycles. The first-order valence-electron chi connectivity index (χ1n) is 11.3. The highest BCUT2D eigenvalue weighted by molar-refractivity contribution is 5.77. The standard InChI is InChI=1S/C24H31F2N5O2/c1-24(2,3)14-21(32)31-8-7-20-17(15-31)22(33-16-5-6-18(25)19(26)13-16)28-23(27-20)30-11-9-29(4)10-12-30/h5-6,13H,7-12,14-15H2,1-4H3. The molecule has 33 heavy (non-hydrogen) atoms. The molecule has 9 heteroatoms. The van der Waals surface area contributed by atoms with Crippen molar-refractivity contribution in [2.75, 3.05) is 44.7 Å². The number of hydrogen-bond acceptors (Lipinski definition) is 6.